The number of para-hydroxylation sites is 1. The second kappa shape index (κ2) is 6.78. The molecular formula is C24H22N4O. The average Bonchev–Trinajstić information content (AvgIpc) is 3.46. The molecule has 1 aliphatic rings. The van der Waals surface area contributed by atoms with E-state index in [9.17, 15) is 4.79 Å². The van der Waals surface area contributed by atoms with Crippen molar-refractivity contribution in [2.45, 2.75) is 20.3 Å². The van der Waals surface area contributed by atoms with Gasteiger partial charge in [-0.3, -0.25) is 4.79 Å². The lowest BCUT2D eigenvalue weighted by Gasteiger charge is -2.18. The normalized spacial score (nSPS) is 13.0. The van der Waals surface area contributed by atoms with E-state index in [1.165, 1.54) is 11.1 Å². The molecule has 0 atom stereocenters. The number of amides is 1. The van der Waals surface area contributed by atoms with Crippen molar-refractivity contribution in [2.24, 2.45) is 0 Å². The summed E-state index contributed by atoms with van der Waals surface area (Å²) in [6.45, 7) is 4.66. The molecule has 2 aromatic carbocycles. The number of aryl methyl sites for hydroxylation is 2. The molecule has 0 radical (unpaired) electrons. The molecule has 0 aliphatic carbocycles. The molecule has 5 nitrogen and oxygen atoms in total. The zero-order valence-electron chi connectivity index (χ0n) is 16.5. The van der Waals surface area contributed by atoms with Gasteiger partial charge in [0.05, 0.1) is 11.4 Å². The Morgan fingerprint density at radius 3 is 2.41 bits per heavy atom. The average molecular weight is 382 g/mol. The van der Waals surface area contributed by atoms with Crippen molar-refractivity contribution in [2.75, 3.05) is 11.4 Å². The van der Waals surface area contributed by atoms with Crippen LogP contribution < -0.4 is 4.90 Å². The standard InChI is InChI=1S/C24H22N4O/c1-17-9-11-20(12-10-17)28-23(26-14-5-6-15-26)22(18(2)25-28)24(29)27-16-13-19-7-3-4-8-21(19)27/h3-12,14-15H,13,16H2,1-2H3. The molecule has 1 amide bonds. The first-order valence-electron chi connectivity index (χ1n) is 9.83. The lowest BCUT2D eigenvalue weighted by atomic mass is 10.1. The summed E-state index contributed by atoms with van der Waals surface area (Å²) in [6, 6.07) is 20.2. The highest BCUT2D eigenvalue weighted by Crippen LogP contribution is 2.32. The summed E-state index contributed by atoms with van der Waals surface area (Å²) in [4.78, 5) is 15.6. The fourth-order valence-electron chi connectivity index (χ4n) is 4.03. The van der Waals surface area contributed by atoms with Crippen LogP contribution >= 0.6 is 0 Å². The van der Waals surface area contributed by atoms with E-state index >= 15 is 0 Å². The van der Waals surface area contributed by atoms with Crippen molar-refractivity contribution < 1.29 is 4.79 Å². The number of anilines is 1. The number of aromatic nitrogens is 3. The molecule has 0 saturated heterocycles. The minimum absolute atomic E-state index is 0.00508. The largest absolute Gasteiger partial charge is 0.308 e. The summed E-state index contributed by atoms with van der Waals surface area (Å²) >= 11 is 0. The number of carbonyl (C=O) groups is 1. The predicted molar refractivity (Wildman–Crippen MR) is 114 cm³/mol. The summed E-state index contributed by atoms with van der Waals surface area (Å²) in [7, 11) is 0. The highest BCUT2D eigenvalue weighted by atomic mass is 16.2. The highest BCUT2D eigenvalue weighted by molar-refractivity contribution is 6.10. The predicted octanol–water partition coefficient (Wildman–Crippen LogP) is 4.48. The van der Waals surface area contributed by atoms with Gasteiger partial charge in [0.1, 0.15) is 5.56 Å². The second-order valence-electron chi connectivity index (χ2n) is 7.46. The molecule has 0 spiro atoms. The van der Waals surface area contributed by atoms with Crippen LogP contribution in [0.1, 0.15) is 27.2 Å². The fourth-order valence-corrected chi connectivity index (χ4v) is 4.03. The van der Waals surface area contributed by atoms with Gasteiger partial charge in [-0.2, -0.15) is 5.10 Å². The summed E-state index contributed by atoms with van der Waals surface area (Å²) in [5.74, 6) is 0.764. The molecule has 144 valence electrons. The van der Waals surface area contributed by atoms with Gasteiger partial charge in [-0.25, -0.2) is 4.68 Å². The first kappa shape index (κ1) is 17.5. The van der Waals surface area contributed by atoms with Gasteiger partial charge >= 0.3 is 0 Å². The number of fused-ring (bicyclic) bond motifs is 1. The molecule has 0 N–H and O–H groups in total. The SMILES string of the molecule is Cc1ccc(-n2nc(C)c(C(=O)N3CCc4ccccc43)c2-n2cccc2)cc1. The number of hydrogen-bond donors (Lipinski definition) is 0. The molecule has 0 fully saturated rings. The van der Waals surface area contributed by atoms with Crippen LogP contribution in [0.2, 0.25) is 0 Å². The monoisotopic (exact) mass is 382 g/mol. The van der Waals surface area contributed by atoms with Crippen molar-refractivity contribution in [3.63, 3.8) is 0 Å². The van der Waals surface area contributed by atoms with Crippen molar-refractivity contribution in [1.82, 2.24) is 14.3 Å². The molecule has 0 saturated carbocycles. The highest BCUT2D eigenvalue weighted by Gasteiger charge is 2.31. The Balaban J connectivity index is 1.67. The number of nitrogens with zero attached hydrogens (tertiary/aromatic N) is 4. The van der Waals surface area contributed by atoms with Crippen molar-refractivity contribution in [3.05, 3.63) is 95.4 Å². The number of hydrogen-bond acceptors (Lipinski definition) is 2. The molecule has 4 aromatic rings. The Kier molecular flexibility index (Phi) is 4.09. The van der Waals surface area contributed by atoms with E-state index in [0.29, 0.717) is 12.1 Å². The van der Waals surface area contributed by atoms with Gasteiger partial charge in [0.25, 0.3) is 5.91 Å². The Labute approximate surface area is 169 Å². The number of rotatable bonds is 3. The van der Waals surface area contributed by atoms with Crippen LogP contribution in [0.5, 0.6) is 0 Å². The number of benzene rings is 2. The molecule has 2 aromatic heterocycles. The maximum atomic E-state index is 13.7. The van der Waals surface area contributed by atoms with Crippen molar-refractivity contribution in [3.8, 4) is 11.5 Å². The van der Waals surface area contributed by atoms with Crippen LogP contribution in [-0.2, 0) is 6.42 Å². The lowest BCUT2D eigenvalue weighted by molar-refractivity contribution is 0.0989. The van der Waals surface area contributed by atoms with Crippen LogP contribution in [0, 0.1) is 13.8 Å². The van der Waals surface area contributed by atoms with Gasteiger partial charge in [0, 0.05) is 24.6 Å². The van der Waals surface area contributed by atoms with Crippen LogP contribution in [-0.4, -0.2) is 26.8 Å². The Hall–Kier alpha value is -3.60. The van der Waals surface area contributed by atoms with E-state index in [4.69, 9.17) is 5.10 Å². The molecule has 0 bridgehead atoms. The summed E-state index contributed by atoms with van der Waals surface area (Å²) in [6.07, 6.45) is 4.79. The van der Waals surface area contributed by atoms with Gasteiger partial charge in [0.2, 0.25) is 0 Å². The number of carbonyl (C=O) groups excluding carboxylic acids is 1. The second-order valence-corrected chi connectivity index (χ2v) is 7.46. The molecule has 1 aliphatic heterocycles. The van der Waals surface area contributed by atoms with E-state index in [0.717, 1.165) is 29.3 Å². The lowest BCUT2D eigenvalue weighted by Crippen LogP contribution is -2.30. The Bertz CT molecular complexity index is 1190. The molecule has 5 rings (SSSR count). The Morgan fingerprint density at radius 1 is 0.931 bits per heavy atom. The van der Waals surface area contributed by atoms with Crippen LogP contribution in [0.3, 0.4) is 0 Å². The van der Waals surface area contributed by atoms with Gasteiger partial charge in [-0.1, -0.05) is 35.9 Å². The molecule has 3 heterocycles. The van der Waals surface area contributed by atoms with Gasteiger partial charge in [0.15, 0.2) is 5.82 Å². The summed E-state index contributed by atoms with van der Waals surface area (Å²) in [5.41, 5.74) is 5.70. The minimum atomic E-state index is -0.00508. The van der Waals surface area contributed by atoms with Crippen molar-refractivity contribution >= 4 is 11.6 Å². The zero-order chi connectivity index (χ0) is 20.0. The molecule has 0 unspecified atom stereocenters. The maximum Gasteiger partial charge on any atom is 0.264 e. The third kappa shape index (κ3) is 2.86. The van der Waals surface area contributed by atoms with E-state index in [2.05, 4.69) is 25.1 Å². The van der Waals surface area contributed by atoms with Gasteiger partial charge < -0.3 is 9.47 Å². The van der Waals surface area contributed by atoms with Gasteiger partial charge in [-0.05, 0) is 56.2 Å². The first-order chi connectivity index (χ1) is 14.1. The summed E-state index contributed by atoms with van der Waals surface area (Å²) in [5, 5.41) is 4.76. The van der Waals surface area contributed by atoms with Crippen LogP contribution in [0.4, 0.5) is 5.69 Å². The van der Waals surface area contributed by atoms with E-state index in [1.54, 1.807) is 0 Å². The quantitative estimate of drug-likeness (QED) is 0.524. The smallest absolute Gasteiger partial charge is 0.264 e. The third-order valence-corrected chi connectivity index (χ3v) is 5.51. The van der Waals surface area contributed by atoms with Crippen LogP contribution in [0.15, 0.2) is 73.1 Å². The molecule has 29 heavy (non-hydrogen) atoms. The summed E-state index contributed by atoms with van der Waals surface area (Å²) < 4.78 is 3.83. The molecule has 5 heteroatoms. The molecular weight excluding hydrogens is 360 g/mol. The van der Waals surface area contributed by atoms with E-state index < -0.39 is 0 Å². The van der Waals surface area contributed by atoms with E-state index in [1.807, 2.05) is 75.9 Å². The Morgan fingerprint density at radius 2 is 1.66 bits per heavy atom. The maximum absolute atomic E-state index is 13.7. The zero-order valence-corrected chi connectivity index (χ0v) is 16.5. The first-order valence-corrected chi connectivity index (χ1v) is 9.83. The van der Waals surface area contributed by atoms with Crippen molar-refractivity contribution in [1.29, 1.82) is 0 Å². The topological polar surface area (TPSA) is 43.1 Å². The minimum Gasteiger partial charge on any atom is -0.308 e. The van der Waals surface area contributed by atoms with E-state index in [-0.39, 0.29) is 5.91 Å². The van der Waals surface area contributed by atoms with Gasteiger partial charge in [-0.15, -0.1) is 0 Å². The fraction of sp³-hybridized carbons (Fsp3) is 0.167. The third-order valence-electron chi connectivity index (χ3n) is 5.51. The van der Waals surface area contributed by atoms with Crippen LogP contribution in [0.25, 0.3) is 11.5 Å².